The fraction of sp³-hybridized carbons (Fsp3) is 0.263. The second-order valence-corrected chi connectivity index (χ2v) is 9.71. The second kappa shape index (κ2) is 9.30. The molecule has 1 amide bonds. The van der Waals surface area contributed by atoms with Crippen molar-refractivity contribution in [3.63, 3.8) is 0 Å². The zero-order valence-electron chi connectivity index (χ0n) is 16.6. The van der Waals surface area contributed by atoms with Crippen molar-refractivity contribution >= 4 is 27.7 Å². The van der Waals surface area contributed by atoms with E-state index in [9.17, 15) is 22.0 Å². The first-order valence-electron chi connectivity index (χ1n) is 9.56. The highest BCUT2D eigenvalue weighted by Crippen LogP contribution is 2.22. The van der Waals surface area contributed by atoms with Gasteiger partial charge in [0.2, 0.25) is 21.1 Å². The van der Waals surface area contributed by atoms with Crippen molar-refractivity contribution in [2.24, 2.45) is 0 Å². The standard InChI is InChI=1S/C19H18F2N6O3S2/c20-14-4-3-5-15(12-14)27-19(22-23-24-27)31-13-18(28)25-8-10-26(11-9-25)32(29,30)17-7-2-1-6-16(17)21/h1-7,12H,8-11,13H2. The van der Waals surface area contributed by atoms with Crippen LogP contribution in [0.5, 0.6) is 0 Å². The van der Waals surface area contributed by atoms with Gasteiger partial charge < -0.3 is 4.90 Å². The second-order valence-electron chi connectivity index (χ2n) is 6.86. The fourth-order valence-electron chi connectivity index (χ4n) is 3.23. The monoisotopic (exact) mass is 480 g/mol. The van der Waals surface area contributed by atoms with Crippen LogP contribution in [0.1, 0.15) is 0 Å². The number of piperazine rings is 1. The number of halogens is 2. The van der Waals surface area contributed by atoms with Gasteiger partial charge in [0, 0.05) is 26.2 Å². The largest absolute Gasteiger partial charge is 0.339 e. The molecule has 0 bridgehead atoms. The van der Waals surface area contributed by atoms with E-state index >= 15 is 0 Å². The van der Waals surface area contributed by atoms with Gasteiger partial charge in [-0.05, 0) is 40.8 Å². The number of hydrogen-bond acceptors (Lipinski definition) is 7. The van der Waals surface area contributed by atoms with Crippen LogP contribution in [0.3, 0.4) is 0 Å². The molecule has 3 aromatic rings. The summed E-state index contributed by atoms with van der Waals surface area (Å²) in [6, 6.07) is 11.0. The minimum atomic E-state index is -3.97. The molecule has 0 radical (unpaired) electrons. The molecule has 0 aliphatic carbocycles. The van der Waals surface area contributed by atoms with Crippen LogP contribution < -0.4 is 0 Å². The third-order valence-electron chi connectivity index (χ3n) is 4.86. The van der Waals surface area contributed by atoms with Crippen LogP contribution >= 0.6 is 11.8 Å². The number of carbonyl (C=O) groups is 1. The normalized spacial score (nSPS) is 15.1. The quantitative estimate of drug-likeness (QED) is 0.494. The predicted octanol–water partition coefficient (Wildman–Crippen LogP) is 1.57. The summed E-state index contributed by atoms with van der Waals surface area (Å²) < 4.78 is 55.3. The number of aromatic nitrogens is 4. The molecule has 0 spiro atoms. The third-order valence-corrected chi connectivity index (χ3v) is 7.70. The number of amides is 1. The molecule has 4 rings (SSSR count). The molecule has 0 saturated carbocycles. The zero-order chi connectivity index (χ0) is 22.7. The van der Waals surface area contributed by atoms with E-state index in [4.69, 9.17) is 0 Å². The lowest BCUT2D eigenvalue weighted by Crippen LogP contribution is -2.51. The maximum Gasteiger partial charge on any atom is 0.246 e. The third kappa shape index (κ3) is 4.64. The average molecular weight is 481 g/mol. The van der Waals surface area contributed by atoms with Gasteiger partial charge in [0.1, 0.15) is 16.5 Å². The summed E-state index contributed by atoms with van der Waals surface area (Å²) in [5, 5.41) is 11.6. The number of sulfonamides is 1. The predicted molar refractivity (Wildman–Crippen MR) is 112 cm³/mol. The topological polar surface area (TPSA) is 101 Å². The minimum absolute atomic E-state index is 0.0236. The van der Waals surface area contributed by atoms with Gasteiger partial charge in [0.05, 0.1) is 11.4 Å². The Bertz CT molecular complexity index is 1230. The Labute approximate surface area is 187 Å². The Morgan fingerprint density at radius 2 is 1.78 bits per heavy atom. The van der Waals surface area contributed by atoms with E-state index < -0.39 is 21.7 Å². The molecule has 1 aromatic heterocycles. The van der Waals surface area contributed by atoms with Crippen molar-refractivity contribution in [1.82, 2.24) is 29.4 Å². The Hall–Kier alpha value is -2.90. The average Bonchev–Trinajstić information content (AvgIpc) is 3.26. The van der Waals surface area contributed by atoms with Crippen molar-refractivity contribution in [1.29, 1.82) is 0 Å². The lowest BCUT2D eigenvalue weighted by molar-refractivity contribution is -0.129. The molecule has 2 heterocycles. The molecular formula is C19H18F2N6O3S2. The molecule has 32 heavy (non-hydrogen) atoms. The van der Waals surface area contributed by atoms with Crippen LogP contribution in [0.15, 0.2) is 58.6 Å². The van der Waals surface area contributed by atoms with Crippen molar-refractivity contribution in [2.45, 2.75) is 10.1 Å². The van der Waals surface area contributed by atoms with E-state index in [-0.39, 0.29) is 42.7 Å². The highest BCUT2D eigenvalue weighted by molar-refractivity contribution is 7.99. The molecule has 1 fully saturated rings. The SMILES string of the molecule is O=C(CSc1nnnn1-c1cccc(F)c1)N1CCN(S(=O)(=O)c2ccccc2F)CC1. The van der Waals surface area contributed by atoms with Gasteiger partial charge in [-0.3, -0.25) is 4.79 Å². The van der Waals surface area contributed by atoms with Crippen molar-refractivity contribution in [3.05, 3.63) is 60.2 Å². The van der Waals surface area contributed by atoms with Crippen LogP contribution in [-0.4, -0.2) is 75.7 Å². The minimum Gasteiger partial charge on any atom is -0.339 e. The summed E-state index contributed by atoms with van der Waals surface area (Å²) in [7, 11) is -3.97. The summed E-state index contributed by atoms with van der Waals surface area (Å²) in [5.41, 5.74) is 0.428. The summed E-state index contributed by atoms with van der Waals surface area (Å²) in [6.07, 6.45) is 0. The number of benzene rings is 2. The molecular weight excluding hydrogens is 462 g/mol. The van der Waals surface area contributed by atoms with E-state index in [0.29, 0.717) is 10.8 Å². The van der Waals surface area contributed by atoms with Crippen LogP contribution in [0, 0.1) is 11.6 Å². The summed E-state index contributed by atoms with van der Waals surface area (Å²) in [6.45, 7) is 0.492. The maximum atomic E-state index is 13.9. The van der Waals surface area contributed by atoms with Crippen LogP contribution in [0.2, 0.25) is 0 Å². The fourth-order valence-corrected chi connectivity index (χ4v) is 5.51. The van der Waals surface area contributed by atoms with E-state index in [0.717, 1.165) is 17.8 Å². The van der Waals surface area contributed by atoms with Gasteiger partial charge >= 0.3 is 0 Å². The molecule has 0 N–H and O–H groups in total. The zero-order valence-corrected chi connectivity index (χ0v) is 18.3. The van der Waals surface area contributed by atoms with E-state index in [1.807, 2.05) is 0 Å². The number of hydrogen-bond donors (Lipinski definition) is 0. The molecule has 2 aromatic carbocycles. The molecule has 0 atom stereocenters. The molecule has 1 aliphatic rings. The van der Waals surface area contributed by atoms with Crippen LogP contribution in [-0.2, 0) is 14.8 Å². The number of tetrazole rings is 1. The van der Waals surface area contributed by atoms with Crippen molar-refractivity contribution in [3.8, 4) is 5.69 Å². The Balaban J connectivity index is 1.35. The lowest BCUT2D eigenvalue weighted by Gasteiger charge is -2.34. The van der Waals surface area contributed by atoms with Crippen LogP contribution in [0.4, 0.5) is 8.78 Å². The summed E-state index contributed by atoms with van der Waals surface area (Å²) >= 11 is 1.09. The van der Waals surface area contributed by atoms with Gasteiger partial charge in [0.25, 0.3) is 0 Å². The number of thioether (sulfide) groups is 1. The van der Waals surface area contributed by atoms with Gasteiger partial charge in [0.15, 0.2) is 0 Å². The van der Waals surface area contributed by atoms with Crippen molar-refractivity contribution in [2.75, 3.05) is 31.9 Å². The van der Waals surface area contributed by atoms with E-state index in [1.165, 1.54) is 50.3 Å². The van der Waals surface area contributed by atoms with E-state index in [1.54, 1.807) is 6.07 Å². The maximum absolute atomic E-state index is 13.9. The van der Waals surface area contributed by atoms with Crippen molar-refractivity contribution < 1.29 is 22.0 Å². The highest BCUT2D eigenvalue weighted by Gasteiger charge is 2.31. The van der Waals surface area contributed by atoms with Gasteiger partial charge in [-0.25, -0.2) is 17.2 Å². The molecule has 168 valence electrons. The first-order valence-corrected chi connectivity index (χ1v) is 12.0. The molecule has 1 aliphatic heterocycles. The molecule has 13 heteroatoms. The van der Waals surface area contributed by atoms with Crippen LogP contribution in [0.25, 0.3) is 5.69 Å². The Morgan fingerprint density at radius 1 is 1.03 bits per heavy atom. The first kappa shape index (κ1) is 22.3. The van der Waals surface area contributed by atoms with E-state index in [2.05, 4.69) is 15.5 Å². The summed E-state index contributed by atoms with van der Waals surface area (Å²) in [4.78, 5) is 13.8. The summed E-state index contributed by atoms with van der Waals surface area (Å²) in [5.74, 6) is -1.44. The number of rotatable bonds is 6. The molecule has 9 nitrogen and oxygen atoms in total. The van der Waals surface area contributed by atoms with Gasteiger partial charge in [-0.2, -0.15) is 8.99 Å². The first-order chi connectivity index (χ1) is 15.4. The number of nitrogens with zero attached hydrogens (tertiary/aromatic N) is 6. The van der Waals surface area contributed by atoms with Gasteiger partial charge in [-0.1, -0.05) is 30.0 Å². The highest BCUT2D eigenvalue weighted by atomic mass is 32.2. The molecule has 0 unspecified atom stereocenters. The lowest BCUT2D eigenvalue weighted by atomic mass is 10.3. The molecule has 1 saturated heterocycles. The smallest absolute Gasteiger partial charge is 0.246 e. The van der Waals surface area contributed by atoms with Gasteiger partial charge in [-0.15, -0.1) is 5.10 Å². The Kier molecular flexibility index (Phi) is 6.48. The Morgan fingerprint density at radius 3 is 2.50 bits per heavy atom. The number of carbonyl (C=O) groups excluding carboxylic acids is 1.